The number of ether oxygens (including phenoxy) is 1. The average molecular weight is 274 g/mol. The summed E-state index contributed by atoms with van der Waals surface area (Å²) in [6.45, 7) is 0. The van der Waals surface area contributed by atoms with Gasteiger partial charge < -0.3 is 10.5 Å². The van der Waals surface area contributed by atoms with E-state index in [0.29, 0.717) is 6.42 Å². The summed E-state index contributed by atoms with van der Waals surface area (Å²) < 4.78 is 17.5. The monoisotopic (exact) mass is 274 g/mol. The van der Waals surface area contributed by atoms with Crippen molar-refractivity contribution in [3.8, 4) is 11.1 Å². The van der Waals surface area contributed by atoms with E-state index in [1.807, 2.05) is 6.07 Å². The Hall–Kier alpha value is -2.27. The van der Waals surface area contributed by atoms with Crippen molar-refractivity contribution in [1.82, 2.24) is 4.98 Å². The van der Waals surface area contributed by atoms with E-state index in [4.69, 9.17) is 5.73 Å². The van der Waals surface area contributed by atoms with Gasteiger partial charge in [-0.2, -0.15) is 0 Å². The Morgan fingerprint density at radius 3 is 2.65 bits per heavy atom. The zero-order chi connectivity index (χ0) is 14.5. The lowest BCUT2D eigenvalue weighted by Crippen LogP contribution is -2.33. The molecule has 0 radical (unpaired) electrons. The highest BCUT2D eigenvalue weighted by atomic mass is 19.1. The van der Waals surface area contributed by atoms with Crippen molar-refractivity contribution in [2.75, 3.05) is 7.11 Å². The largest absolute Gasteiger partial charge is 0.468 e. The standard InChI is InChI=1S/C15H15FN2O2/c1-20-15(19)14(17)7-10-6-12(9-18-8-10)11-2-4-13(16)5-3-11/h2-6,8-9,14H,7,17H2,1H3. The van der Waals surface area contributed by atoms with Crippen molar-refractivity contribution >= 4 is 5.97 Å². The summed E-state index contributed by atoms with van der Waals surface area (Å²) in [5, 5.41) is 0. The molecule has 0 saturated heterocycles. The van der Waals surface area contributed by atoms with E-state index in [9.17, 15) is 9.18 Å². The zero-order valence-electron chi connectivity index (χ0n) is 11.0. The minimum Gasteiger partial charge on any atom is -0.468 e. The Bertz CT molecular complexity index is 599. The first kappa shape index (κ1) is 14.1. The molecule has 0 saturated carbocycles. The minimum atomic E-state index is -0.717. The van der Waals surface area contributed by atoms with Crippen molar-refractivity contribution in [3.05, 3.63) is 54.1 Å². The van der Waals surface area contributed by atoms with Gasteiger partial charge in [-0.1, -0.05) is 12.1 Å². The minimum absolute atomic E-state index is 0.287. The third kappa shape index (κ3) is 3.39. The molecule has 0 fully saturated rings. The summed E-state index contributed by atoms with van der Waals surface area (Å²) in [6.07, 6.45) is 3.67. The first-order chi connectivity index (χ1) is 9.60. The number of hydrogen-bond acceptors (Lipinski definition) is 4. The summed E-state index contributed by atoms with van der Waals surface area (Å²) in [7, 11) is 1.30. The lowest BCUT2D eigenvalue weighted by Gasteiger charge is -2.10. The number of aromatic nitrogens is 1. The van der Waals surface area contributed by atoms with E-state index < -0.39 is 12.0 Å². The van der Waals surface area contributed by atoms with Gasteiger partial charge in [0, 0.05) is 18.0 Å². The second-order valence-electron chi connectivity index (χ2n) is 4.42. The van der Waals surface area contributed by atoms with Crippen LogP contribution in [0.4, 0.5) is 4.39 Å². The molecule has 0 bridgehead atoms. The molecule has 104 valence electrons. The van der Waals surface area contributed by atoms with Crippen LogP contribution in [0.3, 0.4) is 0 Å². The van der Waals surface area contributed by atoms with Crippen molar-refractivity contribution in [2.24, 2.45) is 5.73 Å². The fourth-order valence-corrected chi connectivity index (χ4v) is 1.89. The molecule has 0 aliphatic heterocycles. The van der Waals surface area contributed by atoms with Crippen LogP contribution in [0.15, 0.2) is 42.7 Å². The smallest absolute Gasteiger partial charge is 0.322 e. The molecular formula is C15H15FN2O2. The second-order valence-corrected chi connectivity index (χ2v) is 4.42. The van der Waals surface area contributed by atoms with Crippen LogP contribution in [0.1, 0.15) is 5.56 Å². The predicted octanol–water partition coefficient (Wildman–Crippen LogP) is 1.93. The molecular weight excluding hydrogens is 259 g/mol. The van der Waals surface area contributed by atoms with E-state index >= 15 is 0 Å². The molecule has 0 spiro atoms. The Balaban J connectivity index is 2.20. The van der Waals surface area contributed by atoms with Crippen LogP contribution in [0.25, 0.3) is 11.1 Å². The van der Waals surface area contributed by atoms with Gasteiger partial charge in [-0.15, -0.1) is 0 Å². The quantitative estimate of drug-likeness (QED) is 0.865. The lowest BCUT2D eigenvalue weighted by atomic mass is 10.0. The highest BCUT2D eigenvalue weighted by Gasteiger charge is 2.14. The molecule has 0 amide bonds. The van der Waals surface area contributed by atoms with E-state index in [-0.39, 0.29) is 5.82 Å². The number of halogens is 1. The number of pyridine rings is 1. The van der Waals surface area contributed by atoms with Gasteiger partial charge in [0.05, 0.1) is 7.11 Å². The maximum absolute atomic E-state index is 12.9. The number of nitrogens with zero attached hydrogens (tertiary/aromatic N) is 1. The van der Waals surface area contributed by atoms with Gasteiger partial charge in [0.2, 0.25) is 0 Å². The van der Waals surface area contributed by atoms with Crippen LogP contribution in [-0.4, -0.2) is 24.1 Å². The first-order valence-electron chi connectivity index (χ1n) is 6.13. The van der Waals surface area contributed by atoms with Crippen molar-refractivity contribution < 1.29 is 13.9 Å². The molecule has 0 aliphatic rings. The molecule has 1 atom stereocenters. The van der Waals surface area contributed by atoms with Gasteiger partial charge >= 0.3 is 5.97 Å². The Kier molecular flexibility index (Phi) is 4.42. The molecule has 0 aliphatic carbocycles. The molecule has 2 N–H and O–H groups in total. The molecule has 5 heteroatoms. The molecule has 4 nitrogen and oxygen atoms in total. The van der Waals surface area contributed by atoms with Gasteiger partial charge in [-0.3, -0.25) is 9.78 Å². The maximum Gasteiger partial charge on any atom is 0.322 e. The first-order valence-corrected chi connectivity index (χ1v) is 6.13. The molecule has 2 rings (SSSR count). The fraction of sp³-hybridized carbons (Fsp3) is 0.200. The van der Waals surface area contributed by atoms with Crippen molar-refractivity contribution in [3.63, 3.8) is 0 Å². The molecule has 1 aromatic carbocycles. The lowest BCUT2D eigenvalue weighted by molar-refractivity contribution is -0.142. The third-order valence-electron chi connectivity index (χ3n) is 2.93. The normalized spacial score (nSPS) is 11.9. The highest BCUT2D eigenvalue weighted by Crippen LogP contribution is 2.20. The average Bonchev–Trinajstić information content (AvgIpc) is 2.47. The van der Waals surface area contributed by atoms with Gasteiger partial charge in [0.1, 0.15) is 11.9 Å². The van der Waals surface area contributed by atoms with Crippen LogP contribution in [0.2, 0.25) is 0 Å². The predicted molar refractivity (Wildman–Crippen MR) is 73.3 cm³/mol. The molecule has 1 unspecified atom stereocenters. The van der Waals surface area contributed by atoms with E-state index in [1.165, 1.54) is 19.2 Å². The number of carbonyl (C=O) groups excluding carboxylic acids is 1. The Morgan fingerprint density at radius 1 is 1.30 bits per heavy atom. The fourth-order valence-electron chi connectivity index (χ4n) is 1.89. The van der Waals surface area contributed by atoms with Crippen LogP contribution >= 0.6 is 0 Å². The number of hydrogen-bond donors (Lipinski definition) is 1. The maximum atomic E-state index is 12.9. The number of benzene rings is 1. The number of carbonyl (C=O) groups is 1. The second kappa shape index (κ2) is 6.25. The van der Waals surface area contributed by atoms with Gasteiger partial charge in [-0.05, 0) is 35.7 Å². The number of rotatable bonds is 4. The van der Waals surface area contributed by atoms with Crippen LogP contribution < -0.4 is 5.73 Å². The summed E-state index contributed by atoms with van der Waals surface area (Å²) in [4.78, 5) is 15.4. The Labute approximate surface area is 116 Å². The summed E-state index contributed by atoms with van der Waals surface area (Å²) in [6, 6.07) is 7.30. The van der Waals surface area contributed by atoms with Crippen LogP contribution in [-0.2, 0) is 16.0 Å². The van der Waals surface area contributed by atoms with E-state index in [2.05, 4.69) is 9.72 Å². The van der Waals surface area contributed by atoms with Crippen LogP contribution in [0, 0.1) is 5.82 Å². The van der Waals surface area contributed by atoms with E-state index in [0.717, 1.165) is 16.7 Å². The zero-order valence-corrected chi connectivity index (χ0v) is 11.0. The summed E-state index contributed by atoms with van der Waals surface area (Å²) >= 11 is 0. The highest BCUT2D eigenvalue weighted by molar-refractivity contribution is 5.75. The molecule has 1 aromatic heterocycles. The third-order valence-corrected chi connectivity index (χ3v) is 2.93. The molecule has 20 heavy (non-hydrogen) atoms. The Morgan fingerprint density at radius 2 is 2.00 bits per heavy atom. The number of esters is 1. The van der Waals surface area contributed by atoms with Gasteiger partial charge in [-0.25, -0.2) is 4.39 Å². The number of nitrogens with two attached hydrogens (primary N) is 1. The number of methoxy groups -OCH3 is 1. The summed E-state index contributed by atoms with van der Waals surface area (Å²) in [5.74, 6) is -0.747. The van der Waals surface area contributed by atoms with Crippen LogP contribution in [0.5, 0.6) is 0 Å². The van der Waals surface area contributed by atoms with Gasteiger partial charge in [0.25, 0.3) is 0 Å². The van der Waals surface area contributed by atoms with Gasteiger partial charge in [0.15, 0.2) is 0 Å². The van der Waals surface area contributed by atoms with E-state index in [1.54, 1.807) is 24.5 Å². The van der Waals surface area contributed by atoms with Crippen molar-refractivity contribution in [1.29, 1.82) is 0 Å². The molecule has 1 heterocycles. The summed E-state index contributed by atoms with van der Waals surface area (Å²) in [5.41, 5.74) is 8.24. The molecule has 2 aromatic rings. The van der Waals surface area contributed by atoms with Crippen molar-refractivity contribution in [2.45, 2.75) is 12.5 Å². The SMILES string of the molecule is COC(=O)C(N)Cc1cncc(-c2ccc(F)cc2)c1. The topological polar surface area (TPSA) is 65.2 Å².